The van der Waals surface area contributed by atoms with E-state index in [2.05, 4.69) is 10.3 Å². The first-order valence-corrected chi connectivity index (χ1v) is 6.78. The molecule has 3 rings (SSSR count). The van der Waals surface area contributed by atoms with Gasteiger partial charge in [-0.1, -0.05) is 5.16 Å². The first-order valence-electron chi connectivity index (χ1n) is 6.78. The van der Waals surface area contributed by atoms with Crippen LogP contribution in [0.4, 0.5) is 0 Å². The minimum absolute atomic E-state index is 0.226. The number of hydrogen-bond donors (Lipinski definition) is 0. The molecular formula is C13H16N4O4. The maximum Gasteiger partial charge on any atom is 0.347 e. The van der Waals surface area contributed by atoms with Gasteiger partial charge in [-0.25, -0.2) is 14.3 Å². The Bertz CT molecular complexity index is 727. The Balaban J connectivity index is 1.96. The van der Waals surface area contributed by atoms with Crippen molar-refractivity contribution in [2.75, 3.05) is 7.11 Å². The maximum absolute atomic E-state index is 12.5. The zero-order valence-electron chi connectivity index (χ0n) is 11.9. The highest BCUT2D eigenvalue weighted by Crippen LogP contribution is 2.22. The van der Waals surface area contributed by atoms with Gasteiger partial charge in [0.15, 0.2) is 0 Å². The van der Waals surface area contributed by atoms with Crippen LogP contribution in [0.5, 0.6) is 0 Å². The molecular weight excluding hydrogens is 276 g/mol. The summed E-state index contributed by atoms with van der Waals surface area (Å²) in [5.41, 5.74) is 0.306. The van der Waals surface area contributed by atoms with Crippen molar-refractivity contribution in [2.45, 2.75) is 38.8 Å². The van der Waals surface area contributed by atoms with Gasteiger partial charge in [-0.2, -0.15) is 5.10 Å². The van der Waals surface area contributed by atoms with E-state index in [0.29, 0.717) is 30.1 Å². The summed E-state index contributed by atoms with van der Waals surface area (Å²) in [6.45, 7) is 2.01. The number of carbonyl (C=O) groups excluding carboxylic acids is 1. The number of methoxy groups -OCH3 is 1. The molecule has 2 aromatic heterocycles. The van der Waals surface area contributed by atoms with Gasteiger partial charge in [0.2, 0.25) is 0 Å². The van der Waals surface area contributed by atoms with Gasteiger partial charge in [0.1, 0.15) is 23.3 Å². The number of hydrogen-bond acceptors (Lipinski definition) is 6. The van der Waals surface area contributed by atoms with E-state index in [9.17, 15) is 9.59 Å². The second-order valence-electron chi connectivity index (χ2n) is 5.09. The Kier molecular flexibility index (Phi) is 3.36. The van der Waals surface area contributed by atoms with E-state index in [0.717, 1.165) is 6.42 Å². The highest BCUT2D eigenvalue weighted by Gasteiger charge is 2.31. The molecule has 0 saturated carbocycles. The van der Waals surface area contributed by atoms with Crippen LogP contribution in [-0.2, 0) is 22.5 Å². The van der Waals surface area contributed by atoms with Crippen LogP contribution in [0.3, 0.4) is 0 Å². The topological polar surface area (TPSA) is 92.2 Å². The lowest BCUT2D eigenvalue weighted by Gasteiger charge is -2.20. The van der Waals surface area contributed by atoms with E-state index in [1.54, 1.807) is 13.0 Å². The van der Waals surface area contributed by atoms with E-state index < -0.39 is 12.0 Å². The highest BCUT2D eigenvalue weighted by atomic mass is 16.5. The van der Waals surface area contributed by atoms with Crippen LogP contribution in [-0.4, -0.2) is 32.6 Å². The third-order valence-corrected chi connectivity index (χ3v) is 3.59. The summed E-state index contributed by atoms with van der Waals surface area (Å²) in [6.07, 6.45) is 2.07. The number of nitrogens with zero attached hydrogens (tertiary/aromatic N) is 4. The van der Waals surface area contributed by atoms with Crippen LogP contribution in [0.15, 0.2) is 15.4 Å². The van der Waals surface area contributed by atoms with Gasteiger partial charge in [-0.15, -0.1) is 0 Å². The number of ether oxygens (including phenoxy) is 1. The average molecular weight is 292 g/mol. The van der Waals surface area contributed by atoms with Crippen LogP contribution >= 0.6 is 0 Å². The van der Waals surface area contributed by atoms with E-state index in [4.69, 9.17) is 9.26 Å². The van der Waals surface area contributed by atoms with Crippen molar-refractivity contribution in [2.24, 2.45) is 0 Å². The Morgan fingerprint density at radius 1 is 1.57 bits per heavy atom. The molecule has 8 nitrogen and oxygen atoms in total. The zero-order chi connectivity index (χ0) is 15.0. The number of aryl methyl sites for hydroxylation is 2. The lowest BCUT2D eigenvalue weighted by atomic mass is 10.1. The average Bonchev–Trinajstić information content (AvgIpc) is 3.03. The molecule has 0 saturated heterocycles. The molecule has 0 aromatic carbocycles. The molecule has 0 spiro atoms. The molecule has 0 amide bonds. The van der Waals surface area contributed by atoms with Crippen LogP contribution in [0, 0.1) is 6.92 Å². The molecule has 0 radical (unpaired) electrons. The van der Waals surface area contributed by atoms with Crippen molar-refractivity contribution < 1.29 is 14.1 Å². The number of fused-ring (bicyclic) bond motifs is 1. The van der Waals surface area contributed by atoms with E-state index in [1.807, 2.05) is 0 Å². The van der Waals surface area contributed by atoms with E-state index in [-0.39, 0.29) is 12.2 Å². The summed E-state index contributed by atoms with van der Waals surface area (Å²) in [4.78, 5) is 24.3. The van der Waals surface area contributed by atoms with Gasteiger partial charge in [-0.3, -0.25) is 4.57 Å². The van der Waals surface area contributed by atoms with Crippen molar-refractivity contribution in [1.29, 1.82) is 0 Å². The smallest absolute Gasteiger partial charge is 0.347 e. The number of carbonyl (C=O) groups is 1. The lowest BCUT2D eigenvalue weighted by molar-refractivity contribution is -0.145. The Labute approximate surface area is 120 Å². The largest absolute Gasteiger partial charge is 0.467 e. The molecule has 8 heteroatoms. The van der Waals surface area contributed by atoms with Crippen LogP contribution in [0.2, 0.25) is 0 Å². The van der Waals surface area contributed by atoms with Crippen molar-refractivity contribution in [3.8, 4) is 0 Å². The fraction of sp³-hybridized carbons (Fsp3) is 0.538. The molecule has 1 aliphatic heterocycles. The summed E-state index contributed by atoms with van der Waals surface area (Å²) < 4.78 is 12.5. The first kappa shape index (κ1) is 13.6. The number of esters is 1. The Hall–Kier alpha value is -2.38. The molecule has 0 unspecified atom stereocenters. The van der Waals surface area contributed by atoms with Crippen molar-refractivity contribution in [3.63, 3.8) is 0 Å². The van der Waals surface area contributed by atoms with Gasteiger partial charge in [0.05, 0.1) is 13.7 Å². The molecule has 2 aromatic rings. The molecule has 0 N–H and O–H groups in total. The quantitative estimate of drug-likeness (QED) is 0.762. The molecule has 112 valence electrons. The van der Waals surface area contributed by atoms with Gasteiger partial charge in [0, 0.05) is 12.5 Å². The second-order valence-corrected chi connectivity index (χ2v) is 5.09. The van der Waals surface area contributed by atoms with Gasteiger partial charge < -0.3 is 9.26 Å². The molecule has 0 aliphatic carbocycles. The molecule has 0 bridgehead atoms. The number of rotatable bonds is 3. The molecule has 0 fully saturated rings. The highest BCUT2D eigenvalue weighted by molar-refractivity contribution is 5.74. The van der Waals surface area contributed by atoms with Gasteiger partial charge in [0.25, 0.3) is 0 Å². The van der Waals surface area contributed by atoms with Crippen molar-refractivity contribution >= 4 is 5.97 Å². The molecule has 1 atom stereocenters. The number of aromatic nitrogens is 4. The summed E-state index contributed by atoms with van der Waals surface area (Å²) >= 11 is 0. The molecule has 21 heavy (non-hydrogen) atoms. The fourth-order valence-electron chi connectivity index (χ4n) is 2.64. The van der Waals surface area contributed by atoms with E-state index >= 15 is 0 Å². The minimum atomic E-state index is -0.584. The summed E-state index contributed by atoms with van der Waals surface area (Å²) in [5.74, 6) is 0.881. The van der Waals surface area contributed by atoms with Crippen molar-refractivity contribution in [1.82, 2.24) is 19.5 Å². The first-order chi connectivity index (χ1) is 10.1. The minimum Gasteiger partial charge on any atom is -0.467 e. The van der Waals surface area contributed by atoms with Gasteiger partial charge >= 0.3 is 11.7 Å². The monoisotopic (exact) mass is 292 g/mol. The summed E-state index contributed by atoms with van der Waals surface area (Å²) in [5, 5.41) is 8.15. The zero-order valence-corrected chi connectivity index (χ0v) is 11.9. The van der Waals surface area contributed by atoms with Crippen LogP contribution < -0.4 is 5.69 Å². The predicted octanol–water partition coefficient (Wildman–Crippen LogP) is 0.440. The third-order valence-electron chi connectivity index (χ3n) is 3.59. The normalized spacial score (nSPS) is 17.5. The van der Waals surface area contributed by atoms with Gasteiger partial charge in [-0.05, 0) is 19.8 Å². The SMILES string of the molecule is COC(=O)[C@H]1CCCc2nn(Cc3cc(C)on3)c(=O)n21. The van der Waals surface area contributed by atoms with Crippen LogP contribution in [0.1, 0.15) is 36.2 Å². The molecule has 1 aliphatic rings. The predicted molar refractivity (Wildman–Crippen MR) is 70.8 cm³/mol. The van der Waals surface area contributed by atoms with E-state index in [1.165, 1.54) is 16.4 Å². The standard InChI is InChI=1S/C13H16N4O4/c1-8-6-9(15-21-8)7-16-13(19)17-10(12(18)20-2)4-3-5-11(17)14-16/h6,10H,3-5,7H2,1-2H3/t10-/m1/s1. The Morgan fingerprint density at radius 2 is 2.38 bits per heavy atom. The van der Waals surface area contributed by atoms with Crippen LogP contribution in [0.25, 0.3) is 0 Å². The molecule has 3 heterocycles. The summed E-state index contributed by atoms with van der Waals surface area (Å²) in [6, 6.07) is 1.17. The maximum atomic E-state index is 12.5. The fourth-order valence-corrected chi connectivity index (χ4v) is 2.64. The lowest BCUT2D eigenvalue weighted by Crippen LogP contribution is -2.35. The van der Waals surface area contributed by atoms with Crippen molar-refractivity contribution in [3.05, 3.63) is 33.8 Å². The Morgan fingerprint density at radius 3 is 3.05 bits per heavy atom. The second kappa shape index (κ2) is 5.19. The summed E-state index contributed by atoms with van der Waals surface area (Å²) in [7, 11) is 1.32. The third kappa shape index (κ3) is 2.37.